The van der Waals surface area contributed by atoms with Crippen molar-refractivity contribution < 1.29 is 27.8 Å². The van der Waals surface area contributed by atoms with Gasteiger partial charge in [0.1, 0.15) is 40.9 Å². The first-order valence-corrected chi connectivity index (χ1v) is 18.1. The van der Waals surface area contributed by atoms with Gasteiger partial charge in [-0.1, -0.05) is 6.07 Å². The van der Waals surface area contributed by atoms with Crippen LogP contribution in [0.2, 0.25) is 0 Å². The number of piperazine rings is 1. The number of ether oxygens (including phenoxy) is 2. The van der Waals surface area contributed by atoms with Gasteiger partial charge in [-0.05, 0) is 62.3 Å². The topological polar surface area (TPSA) is 118 Å². The van der Waals surface area contributed by atoms with E-state index < -0.39 is 23.1 Å². The van der Waals surface area contributed by atoms with E-state index in [1.807, 2.05) is 19.1 Å². The Morgan fingerprint density at radius 3 is 2.86 bits per heavy atom. The van der Waals surface area contributed by atoms with Gasteiger partial charge in [-0.15, -0.1) is 0 Å². The zero-order chi connectivity index (χ0) is 34.4. The van der Waals surface area contributed by atoms with Crippen molar-refractivity contribution in [3.8, 4) is 22.9 Å². The van der Waals surface area contributed by atoms with E-state index in [1.165, 1.54) is 6.07 Å². The van der Waals surface area contributed by atoms with Crippen molar-refractivity contribution in [2.24, 2.45) is 5.41 Å². The van der Waals surface area contributed by atoms with E-state index in [0.29, 0.717) is 79.1 Å². The number of nitrogens with one attached hydrogen (secondary N) is 1. The molecule has 2 bridgehead atoms. The third-order valence-corrected chi connectivity index (χ3v) is 12.7. The van der Waals surface area contributed by atoms with Crippen LogP contribution in [0.3, 0.4) is 0 Å². The van der Waals surface area contributed by atoms with E-state index in [9.17, 15) is 14.3 Å². The molecule has 5 atom stereocenters. The van der Waals surface area contributed by atoms with Crippen molar-refractivity contribution >= 4 is 38.6 Å². The first-order chi connectivity index (χ1) is 24.7. The minimum Gasteiger partial charge on any atom is -0.508 e. The third-order valence-electron chi connectivity index (χ3n) is 12.7. The van der Waals surface area contributed by atoms with E-state index in [2.05, 4.69) is 15.1 Å². The fourth-order valence-corrected chi connectivity index (χ4v) is 10.6. The molecule has 5 saturated heterocycles. The first-order valence-electron chi connectivity index (χ1n) is 18.1. The number of fused-ring (bicyclic) bond motifs is 9. The standard InChI is InChI=1S/C38H38F2N6O5/c1-19-8-24-28(51-19)5-2-20-9-23(47)10-25(29(20)24)30-31(40)32-33-34(46-13-22-3-4-26(41-22)27(46)6-7-45(33)35(30)48)43-36(42-32)50-18-38-11-21(39)12-44(38)15-37(14-38)16-49-17-37/h2,5,8-10,21-22,26-27,41,47H,3-4,6-7,11-18H2,1H3/t21-,22?,26?,27?,38-/m1/s1. The fraction of sp³-hybridized carbons (Fsp3) is 0.500. The van der Waals surface area contributed by atoms with Crippen molar-refractivity contribution in [3.05, 3.63) is 52.3 Å². The highest BCUT2D eigenvalue weighted by Crippen LogP contribution is 2.52. The maximum absolute atomic E-state index is 17.5. The molecule has 6 aliphatic heterocycles. The molecular formula is C38H38F2N6O5. The number of rotatable bonds is 4. The second-order valence-corrected chi connectivity index (χ2v) is 16.0. The number of hydrogen-bond acceptors (Lipinski definition) is 10. The second-order valence-electron chi connectivity index (χ2n) is 16.0. The maximum Gasteiger partial charge on any atom is 0.319 e. The molecule has 3 unspecified atom stereocenters. The molecule has 2 aromatic carbocycles. The van der Waals surface area contributed by atoms with E-state index >= 15 is 4.39 Å². The summed E-state index contributed by atoms with van der Waals surface area (Å²) in [5.74, 6) is 0.286. The van der Waals surface area contributed by atoms with Crippen LogP contribution < -0.4 is 20.5 Å². The zero-order valence-corrected chi connectivity index (χ0v) is 28.3. The summed E-state index contributed by atoms with van der Waals surface area (Å²) in [5.41, 5.74) is 0.00793. The van der Waals surface area contributed by atoms with Crippen LogP contribution in [-0.4, -0.2) is 93.8 Å². The summed E-state index contributed by atoms with van der Waals surface area (Å²) in [5, 5.41) is 16.6. The highest BCUT2D eigenvalue weighted by atomic mass is 19.1. The lowest BCUT2D eigenvalue weighted by Crippen LogP contribution is -2.58. The molecular weight excluding hydrogens is 658 g/mol. The summed E-state index contributed by atoms with van der Waals surface area (Å²) >= 11 is 0. The van der Waals surface area contributed by atoms with Crippen LogP contribution in [0.25, 0.3) is 43.9 Å². The van der Waals surface area contributed by atoms with Gasteiger partial charge in [0, 0.05) is 72.5 Å². The highest BCUT2D eigenvalue weighted by Gasteiger charge is 2.61. The van der Waals surface area contributed by atoms with Crippen LogP contribution in [0, 0.1) is 18.2 Å². The summed E-state index contributed by atoms with van der Waals surface area (Å²) in [6.45, 7) is 5.45. The van der Waals surface area contributed by atoms with Gasteiger partial charge in [0.25, 0.3) is 5.56 Å². The third kappa shape index (κ3) is 4.28. The Labute approximate surface area is 291 Å². The van der Waals surface area contributed by atoms with Crippen molar-refractivity contribution in [2.45, 2.75) is 75.4 Å². The van der Waals surface area contributed by atoms with Gasteiger partial charge in [-0.25, -0.2) is 8.78 Å². The molecule has 11 rings (SSSR count). The Morgan fingerprint density at radius 1 is 1.14 bits per heavy atom. The van der Waals surface area contributed by atoms with Crippen molar-refractivity contribution in [2.75, 3.05) is 44.4 Å². The summed E-state index contributed by atoms with van der Waals surface area (Å²) in [4.78, 5) is 28.9. The summed E-state index contributed by atoms with van der Waals surface area (Å²) in [6, 6.07) is 9.07. The van der Waals surface area contributed by atoms with Crippen LogP contribution in [0.1, 0.15) is 37.9 Å². The minimum absolute atomic E-state index is 0.00495. The lowest BCUT2D eigenvalue weighted by atomic mass is 9.78. The largest absolute Gasteiger partial charge is 0.508 e. The van der Waals surface area contributed by atoms with Crippen molar-refractivity contribution in [3.63, 3.8) is 0 Å². The maximum atomic E-state index is 17.5. The molecule has 11 nitrogen and oxygen atoms in total. The van der Waals surface area contributed by atoms with Gasteiger partial charge in [-0.2, -0.15) is 9.97 Å². The van der Waals surface area contributed by atoms with E-state index in [1.54, 1.807) is 16.7 Å². The highest BCUT2D eigenvalue weighted by molar-refractivity contribution is 6.14. The van der Waals surface area contributed by atoms with Gasteiger partial charge in [0.15, 0.2) is 11.6 Å². The molecule has 1 spiro atoms. The number of hydrogen-bond donors (Lipinski definition) is 2. The summed E-state index contributed by atoms with van der Waals surface area (Å²) < 4.78 is 52.0. The Hall–Kier alpha value is -4.33. The van der Waals surface area contributed by atoms with Gasteiger partial charge in [0.05, 0.1) is 24.3 Å². The molecule has 0 amide bonds. The van der Waals surface area contributed by atoms with Crippen molar-refractivity contribution in [1.82, 2.24) is 24.8 Å². The average Bonchev–Trinajstić information content (AvgIpc) is 3.80. The molecule has 5 fully saturated rings. The quantitative estimate of drug-likeness (QED) is 0.271. The zero-order valence-electron chi connectivity index (χ0n) is 28.3. The first kappa shape index (κ1) is 30.3. The number of furan rings is 1. The Kier molecular flexibility index (Phi) is 6.17. The molecule has 2 N–H and O–H groups in total. The number of benzene rings is 2. The fourth-order valence-electron chi connectivity index (χ4n) is 10.6. The molecule has 6 aliphatic rings. The number of aromatic nitrogens is 3. The van der Waals surface area contributed by atoms with Crippen LogP contribution in [0.5, 0.6) is 11.8 Å². The summed E-state index contributed by atoms with van der Waals surface area (Å²) in [6.07, 6.45) is 2.86. The molecule has 51 heavy (non-hydrogen) atoms. The monoisotopic (exact) mass is 696 g/mol. The smallest absolute Gasteiger partial charge is 0.319 e. The van der Waals surface area contributed by atoms with Gasteiger partial charge < -0.3 is 33.8 Å². The number of aryl methyl sites for hydroxylation is 2. The Morgan fingerprint density at radius 2 is 2.02 bits per heavy atom. The second kappa shape index (κ2) is 10.4. The van der Waals surface area contributed by atoms with Crippen LogP contribution >= 0.6 is 0 Å². The predicted octanol–water partition coefficient (Wildman–Crippen LogP) is 4.81. The van der Waals surface area contributed by atoms with Crippen LogP contribution in [-0.2, 0) is 11.3 Å². The normalized spacial score (nSPS) is 29.2. The molecule has 0 aliphatic carbocycles. The number of phenolic OH excluding ortho intramolecular Hbond substituents is 1. The van der Waals surface area contributed by atoms with Gasteiger partial charge >= 0.3 is 6.01 Å². The predicted molar refractivity (Wildman–Crippen MR) is 186 cm³/mol. The summed E-state index contributed by atoms with van der Waals surface area (Å²) in [7, 11) is 0. The number of nitrogens with zero attached hydrogens (tertiary/aromatic N) is 5. The Balaban J connectivity index is 1.12. The van der Waals surface area contributed by atoms with Crippen molar-refractivity contribution in [1.29, 1.82) is 0 Å². The van der Waals surface area contributed by atoms with Gasteiger partial charge in [-0.3, -0.25) is 9.69 Å². The number of aromatic hydroxyl groups is 1. The number of alkyl halides is 1. The lowest BCUT2D eigenvalue weighted by molar-refractivity contribution is -0.108. The number of halogens is 2. The van der Waals surface area contributed by atoms with E-state index in [4.69, 9.17) is 23.9 Å². The molecule has 9 heterocycles. The minimum atomic E-state index is -0.955. The number of anilines is 1. The number of phenols is 1. The number of pyridine rings is 1. The molecule has 0 radical (unpaired) electrons. The SMILES string of the molecule is Cc1cc2c(ccc3cc(O)cc(-c4c(F)c5nc(OC[C@]67C[C@@H](F)CN6CC6(COC6)C7)nc6c5n(c4=O)CCC4C5CCC(CN64)N5)c32)o1. The van der Waals surface area contributed by atoms with E-state index in [0.717, 1.165) is 31.2 Å². The molecule has 5 aromatic rings. The molecule has 13 heteroatoms. The van der Waals surface area contributed by atoms with E-state index in [-0.39, 0.29) is 58.6 Å². The molecule has 3 aromatic heterocycles. The average molecular weight is 697 g/mol. The molecule has 0 saturated carbocycles. The lowest BCUT2D eigenvalue weighted by Gasteiger charge is -2.41. The Bertz CT molecular complexity index is 2370. The van der Waals surface area contributed by atoms with Crippen LogP contribution in [0.15, 0.2) is 39.5 Å². The van der Waals surface area contributed by atoms with Gasteiger partial charge in [0.2, 0.25) is 0 Å². The van der Waals surface area contributed by atoms with Crippen LogP contribution in [0.4, 0.5) is 14.6 Å². The molecule has 264 valence electrons.